The fraction of sp³-hybridized carbons (Fsp3) is 0.417. The number of rotatable bonds is 2. The van der Waals surface area contributed by atoms with Gasteiger partial charge in [0, 0.05) is 28.4 Å². The summed E-state index contributed by atoms with van der Waals surface area (Å²) in [5, 5.41) is 3.03. The Hall–Kier alpha value is -0.620. The van der Waals surface area contributed by atoms with Crippen LogP contribution in [0.5, 0.6) is 0 Å². The van der Waals surface area contributed by atoms with Gasteiger partial charge < -0.3 is 10.1 Å². The van der Waals surface area contributed by atoms with Crippen LogP contribution in [0.25, 0.3) is 0 Å². The van der Waals surface area contributed by atoms with Gasteiger partial charge in [-0.2, -0.15) is 0 Å². The van der Waals surface area contributed by atoms with E-state index < -0.39 is 0 Å². The molecule has 1 saturated heterocycles. The van der Waals surface area contributed by atoms with Gasteiger partial charge in [-0.05, 0) is 59.7 Å². The van der Waals surface area contributed by atoms with Gasteiger partial charge in [0.15, 0.2) is 0 Å². The van der Waals surface area contributed by atoms with E-state index in [1.807, 2.05) is 24.3 Å². The smallest absolute Gasteiger partial charge is 0.251 e. The van der Waals surface area contributed by atoms with Gasteiger partial charge in [0.1, 0.15) is 0 Å². The van der Waals surface area contributed by atoms with Crippen LogP contribution in [0.4, 0.5) is 0 Å². The van der Waals surface area contributed by atoms with E-state index in [-0.39, 0.29) is 11.9 Å². The van der Waals surface area contributed by atoms with Gasteiger partial charge in [0.2, 0.25) is 0 Å². The zero-order valence-corrected chi connectivity index (χ0v) is 11.1. The van der Waals surface area contributed by atoms with Gasteiger partial charge >= 0.3 is 0 Å². The lowest BCUT2D eigenvalue weighted by Gasteiger charge is -2.23. The number of benzene rings is 1. The number of halogens is 1. The highest BCUT2D eigenvalue weighted by molar-refractivity contribution is 14.1. The molecule has 0 bridgehead atoms. The second-order valence-corrected chi connectivity index (χ2v) is 5.11. The number of carbonyl (C=O) groups excluding carboxylic acids is 1. The van der Waals surface area contributed by atoms with Gasteiger partial charge in [0.25, 0.3) is 5.91 Å². The number of hydrogen-bond acceptors (Lipinski definition) is 2. The first-order valence-corrected chi connectivity index (χ1v) is 6.48. The second kappa shape index (κ2) is 5.63. The Bertz CT molecular complexity index is 358. The Morgan fingerprint density at radius 1 is 1.25 bits per heavy atom. The van der Waals surface area contributed by atoms with Crippen molar-refractivity contribution < 1.29 is 9.53 Å². The maximum atomic E-state index is 11.9. The molecule has 1 aromatic rings. The number of ether oxygens (including phenoxy) is 1. The minimum Gasteiger partial charge on any atom is -0.381 e. The van der Waals surface area contributed by atoms with Crippen molar-refractivity contribution in [3.63, 3.8) is 0 Å². The number of hydrogen-bond donors (Lipinski definition) is 1. The van der Waals surface area contributed by atoms with Gasteiger partial charge in [0.05, 0.1) is 0 Å². The Balaban J connectivity index is 1.94. The van der Waals surface area contributed by atoms with E-state index in [4.69, 9.17) is 4.74 Å². The van der Waals surface area contributed by atoms with Crippen LogP contribution in [0.3, 0.4) is 0 Å². The van der Waals surface area contributed by atoms with Crippen molar-refractivity contribution in [1.29, 1.82) is 0 Å². The molecule has 1 heterocycles. The van der Waals surface area contributed by atoms with E-state index in [0.717, 1.165) is 35.2 Å². The molecule has 0 unspecified atom stereocenters. The van der Waals surface area contributed by atoms with E-state index in [1.54, 1.807) is 0 Å². The first kappa shape index (κ1) is 11.9. The van der Waals surface area contributed by atoms with Crippen LogP contribution in [0.15, 0.2) is 24.3 Å². The van der Waals surface area contributed by atoms with Crippen LogP contribution < -0.4 is 5.32 Å². The molecule has 2 rings (SSSR count). The monoisotopic (exact) mass is 331 g/mol. The van der Waals surface area contributed by atoms with Gasteiger partial charge in [-0.3, -0.25) is 4.79 Å². The third-order valence-electron chi connectivity index (χ3n) is 2.66. The van der Waals surface area contributed by atoms with Crippen molar-refractivity contribution >= 4 is 28.5 Å². The van der Waals surface area contributed by atoms with E-state index in [2.05, 4.69) is 27.9 Å². The Morgan fingerprint density at radius 2 is 1.88 bits per heavy atom. The van der Waals surface area contributed by atoms with E-state index in [1.165, 1.54) is 0 Å². The lowest BCUT2D eigenvalue weighted by Crippen LogP contribution is -2.38. The highest BCUT2D eigenvalue weighted by Crippen LogP contribution is 2.10. The number of nitrogens with one attached hydrogen (secondary N) is 1. The largest absolute Gasteiger partial charge is 0.381 e. The zero-order valence-electron chi connectivity index (χ0n) is 8.91. The third-order valence-corrected chi connectivity index (χ3v) is 3.38. The van der Waals surface area contributed by atoms with E-state index in [0.29, 0.717) is 0 Å². The quantitative estimate of drug-likeness (QED) is 0.844. The van der Waals surface area contributed by atoms with Crippen LogP contribution in [-0.4, -0.2) is 25.2 Å². The fourth-order valence-electron chi connectivity index (χ4n) is 1.71. The van der Waals surface area contributed by atoms with Crippen molar-refractivity contribution in [2.24, 2.45) is 0 Å². The molecule has 16 heavy (non-hydrogen) atoms. The summed E-state index contributed by atoms with van der Waals surface area (Å²) in [5.74, 6) is 0.0169. The highest BCUT2D eigenvalue weighted by atomic mass is 127. The van der Waals surface area contributed by atoms with Crippen LogP contribution in [0.1, 0.15) is 23.2 Å². The summed E-state index contributed by atoms with van der Waals surface area (Å²) in [6.45, 7) is 1.50. The predicted molar refractivity (Wildman–Crippen MR) is 70.5 cm³/mol. The molecule has 3 nitrogen and oxygen atoms in total. The van der Waals surface area contributed by atoms with Crippen molar-refractivity contribution in [1.82, 2.24) is 5.32 Å². The van der Waals surface area contributed by atoms with E-state index in [9.17, 15) is 4.79 Å². The summed E-state index contributed by atoms with van der Waals surface area (Å²) in [5.41, 5.74) is 0.729. The summed E-state index contributed by atoms with van der Waals surface area (Å²) in [7, 11) is 0. The van der Waals surface area contributed by atoms with Gasteiger partial charge in [-0.25, -0.2) is 0 Å². The molecule has 86 valence electrons. The standard InChI is InChI=1S/C12H14INO2/c13-10-3-1-9(2-4-10)12(15)14-11-5-7-16-8-6-11/h1-4,11H,5-8H2,(H,14,15). The van der Waals surface area contributed by atoms with Crippen LogP contribution in [-0.2, 0) is 4.74 Å². The molecule has 0 atom stereocenters. The average Bonchev–Trinajstić information content (AvgIpc) is 2.31. The van der Waals surface area contributed by atoms with Gasteiger partial charge in [-0.1, -0.05) is 0 Å². The maximum Gasteiger partial charge on any atom is 0.251 e. The molecule has 1 fully saturated rings. The second-order valence-electron chi connectivity index (χ2n) is 3.87. The van der Waals surface area contributed by atoms with Crippen LogP contribution in [0.2, 0.25) is 0 Å². The molecule has 0 saturated carbocycles. The minimum atomic E-state index is 0.0169. The molecule has 1 amide bonds. The first-order chi connectivity index (χ1) is 7.75. The highest BCUT2D eigenvalue weighted by Gasteiger charge is 2.16. The lowest BCUT2D eigenvalue weighted by atomic mass is 10.1. The molecular weight excluding hydrogens is 317 g/mol. The van der Waals surface area contributed by atoms with Crippen LogP contribution in [0, 0.1) is 3.57 Å². The van der Waals surface area contributed by atoms with Crippen molar-refractivity contribution in [3.05, 3.63) is 33.4 Å². The Labute approximate surface area is 109 Å². The van der Waals surface area contributed by atoms with Crippen molar-refractivity contribution in [2.75, 3.05) is 13.2 Å². The Kier molecular flexibility index (Phi) is 4.17. The average molecular weight is 331 g/mol. The minimum absolute atomic E-state index is 0.0169. The molecule has 1 aliphatic rings. The first-order valence-electron chi connectivity index (χ1n) is 5.40. The van der Waals surface area contributed by atoms with Crippen molar-refractivity contribution in [2.45, 2.75) is 18.9 Å². The summed E-state index contributed by atoms with van der Waals surface area (Å²) >= 11 is 2.23. The van der Waals surface area contributed by atoms with Gasteiger partial charge in [-0.15, -0.1) is 0 Å². The van der Waals surface area contributed by atoms with Crippen LogP contribution >= 0.6 is 22.6 Å². The molecule has 0 aromatic heterocycles. The predicted octanol–water partition coefficient (Wildman–Crippen LogP) is 2.20. The molecule has 1 aliphatic heterocycles. The normalized spacial score (nSPS) is 17.1. The SMILES string of the molecule is O=C(NC1CCOCC1)c1ccc(I)cc1. The molecular formula is C12H14INO2. The third kappa shape index (κ3) is 3.18. The zero-order chi connectivity index (χ0) is 11.4. The summed E-state index contributed by atoms with van der Waals surface area (Å²) < 4.78 is 6.39. The molecule has 0 aliphatic carbocycles. The maximum absolute atomic E-state index is 11.9. The Morgan fingerprint density at radius 3 is 2.50 bits per heavy atom. The number of amides is 1. The molecule has 1 aromatic carbocycles. The van der Waals surface area contributed by atoms with Crippen molar-refractivity contribution in [3.8, 4) is 0 Å². The molecule has 0 radical (unpaired) electrons. The number of carbonyl (C=O) groups is 1. The molecule has 4 heteroatoms. The summed E-state index contributed by atoms with van der Waals surface area (Å²) in [4.78, 5) is 11.9. The molecule has 1 N–H and O–H groups in total. The summed E-state index contributed by atoms with van der Waals surface area (Å²) in [6.07, 6.45) is 1.83. The van der Waals surface area contributed by atoms with E-state index >= 15 is 0 Å². The fourth-order valence-corrected chi connectivity index (χ4v) is 2.07. The summed E-state index contributed by atoms with van der Waals surface area (Å²) in [6, 6.07) is 7.87. The lowest BCUT2D eigenvalue weighted by molar-refractivity contribution is 0.0696. The topological polar surface area (TPSA) is 38.3 Å². The molecule has 0 spiro atoms.